The van der Waals surface area contributed by atoms with Gasteiger partial charge in [0.05, 0.1) is 33.1 Å². The van der Waals surface area contributed by atoms with Gasteiger partial charge in [0.25, 0.3) is 0 Å². The van der Waals surface area contributed by atoms with Crippen molar-refractivity contribution >= 4 is 5.82 Å². The average Bonchev–Trinajstić information content (AvgIpc) is 2.79. The van der Waals surface area contributed by atoms with E-state index in [2.05, 4.69) is 10.4 Å². The van der Waals surface area contributed by atoms with E-state index in [9.17, 15) is 0 Å². The number of nitrogens with zero attached hydrogens (tertiary/aromatic N) is 2. The third-order valence-electron chi connectivity index (χ3n) is 3.65. The van der Waals surface area contributed by atoms with Crippen molar-refractivity contribution in [2.24, 2.45) is 0 Å². The molecule has 1 aromatic heterocycles. The molecule has 0 aliphatic carbocycles. The highest BCUT2D eigenvalue weighted by Crippen LogP contribution is 2.28. The van der Waals surface area contributed by atoms with Crippen molar-refractivity contribution in [3.63, 3.8) is 0 Å². The van der Waals surface area contributed by atoms with E-state index in [1.807, 2.05) is 32.0 Å². The molecule has 0 aliphatic heterocycles. The lowest BCUT2D eigenvalue weighted by atomic mass is 10.2. The Labute approximate surface area is 130 Å². The Morgan fingerprint density at radius 1 is 1.18 bits per heavy atom. The average molecular weight is 305 g/mol. The maximum atomic E-state index is 9.14. The van der Waals surface area contributed by atoms with Crippen LogP contribution in [0.5, 0.6) is 11.5 Å². The molecule has 0 fully saturated rings. The third kappa shape index (κ3) is 3.33. The van der Waals surface area contributed by atoms with Crippen LogP contribution in [0.15, 0.2) is 18.2 Å². The molecule has 0 saturated carbocycles. The Balaban J connectivity index is 2.16. The number of nitrogens with one attached hydrogen (secondary N) is 1. The molecule has 1 aromatic carbocycles. The second kappa shape index (κ2) is 7.17. The minimum Gasteiger partial charge on any atom is -0.493 e. The van der Waals surface area contributed by atoms with Crippen LogP contribution in [0.4, 0.5) is 5.82 Å². The van der Waals surface area contributed by atoms with Crippen molar-refractivity contribution in [3.05, 3.63) is 35.0 Å². The molecule has 0 spiro atoms. The molecular weight excluding hydrogens is 282 g/mol. The van der Waals surface area contributed by atoms with Crippen LogP contribution in [0.1, 0.15) is 16.8 Å². The molecule has 0 radical (unpaired) electrons. The van der Waals surface area contributed by atoms with E-state index in [0.717, 1.165) is 22.6 Å². The van der Waals surface area contributed by atoms with Crippen LogP contribution in [0.25, 0.3) is 0 Å². The van der Waals surface area contributed by atoms with Gasteiger partial charge in [0.2, 0.25) is 0 Å². The molecular formula is C16H23N3O3. The number of hydrogen-bond acceptors (Lipinski definition) is 5. The van der Waals surface area contributed by atoms with Gasteiger partial charge >= 0.3 is 0 Å². The summed E-state index contributed by atoms with van der Waals surface area (Å²) in [6.07, 6.45) is 0. The van der Waals surface area contributed by atoms with Crippen molar-refractivity contribution in [3.8, 4) is 11.5 Å². The topological polar surface area (TPSA) is 68.5 Å². The minimum absolute atomic E-state index is 0.0611. The minimum atomic E-state index is 0.0611. The Kier molecular flexibility index (Phi) is 5.27. The summed E-state index contributed by atoms with van der Waals surface area (Å²) < 4.78 is 12.4. The molecule has 22 heavy (non-hydrogen) atoms. The number of anilines is 1. The van der Waals surface area contributed by atoms with Gasteiger partial charge < -0.3 is 19.9 Å². The third-order valence-corrected chi connectivity index (χ3v) is 3.65. The summed E-state index contributed by atoms with van der Waals surface area (Å²) in [5, 5.41) is 16.9. The van der Waals surface area contributed by atoms with Crippen LogP contribution in [-0.2, 0) is 13.1 Å². The predicted octanol–water partition coefficient (Wildman–Crippen LogP) is 2.12. The first-order valence-corrected chi connectivity index (χ1v) is 7.20. The summed E-state index contributed by atoms with van der Waals surface area (Å²) in [5.41, 5.74) is 3.13. The maximum absolute atomic E-state index is 9.14. The zero-order valence-corrected chi connectivity index (χ0v) is 13.5. The summed E-state index contributed by atoms with van der Waals surface area (Å²) in [5.74, 6) is 2.35. The highest BCUT2D eigenvalue weighted by atomic mass is 16.5. The molecule has 0 bridgehead atoms. The van der Waals surface area contributed by atoms with Gasteiger partial charge in [-0.3, -0.25) is 0 Å². The van der Waals surface area contributed by atoms with E-state index in [0.29, 0.717) is 24.6 Å². The Hall–Kier alpha value is -2.21. The second-order valence-electron chi connectivity index (χ2n) is 5.05. The van der Waals surface area contributed by atoms with Gasteiger partial charge in [0, 0.05) is 12.1 Å². The van der Waals surface area contributed by atoms with Crippen LogP contribution < -0.4 is 14.8 Å². The van der Waals surface area contributed by atoms with Gasteiger partial charge in [-0.15, -0.1) is 0 Å². The van der Waals surface area contributed by atoms with E-state index in [-0.39, 0.29) is 6.61 Å². The Bertz CT molecular complexity index is 638. The van der Waals surface area contributed by atoms with Crippen LogP contribution in [0.3, 0.4) is 0 Å². The first-order chi connectivity index (χ1) is 10.6. The van der Waals surface area contributed by atoms with Gasteiger partial charge in [0.1, 0.15) is 5.82 Å². The summed E-state index contributed by atoms with van der Waals surface area (Å²) in [6, 6.07) is 5.82. The number of benzene rings is 1. The van der Waals surface area contributed by atoms with Crippen LogP contribution in [0, 0.1) is 13.8 Å². The molecule has 2 aromatic rings. The number of methoxy groups -OCH3 is 2. The van der Waals surface area contributed by atoms with Crippen molar-refractivity contribution in [1.82, 2.24) is 9.78 Å². The first kappa shape index (κ1) is 16.2. The highest BCUT2D eigenvalue weighted by molar-refractivity contribution is 5.48. The lowest BCUT2D eigenvalue weighted by molar-refractivity contribution is 0.270. The van der Waals surface area contributed by atoms with E-state index < -0.39 is 0 Å². The molecule has 2 rings (SSSR count). The fraction of sp³-hybridized carbons (Fsp3) is 0.438. The predicted molar refractivity (Wildman–Crippen MR) is 85.7 cm³/mol. The van der Waals surface area contributed by atoms with Gasteiger partial charge in [-0.2, -0.15) is 5.10 Å². The molecule has 1 heterocycles. The van der Waals surface area contributed by atoms with Crippen molar-refractivity contribution in [2.75, 3.05) is 26.1 Å². The zero-order chi connectivity index (χ0) is 16.1. The molecule has 120 valence electrons. The normalized spacial score (nSPS) is 10.6. The number of ether oxygens (including phenoxy) is 2. The molecule has 0 aliphatic rings. The maximum Gasteiger partial charge on any atom is 0.161 e. The fourth-order valence-electron chi connectivity index (χ4n) is 2.33. The monoisotopic (exact) mass is 305 g/mol. The Morgan fingerprint density at radius 3 is 2.55 bits per heavy atom. The largest absolute Gasteiger partial charge is 0.493 e. The van der Waals surface area contributed by atoms with Crippen molar-refractivity contribution < 1.29 is 14.6 Å². The molecule has 0 saturated heterocycles. The number of aliphatic hydroxyl groups excluding tert-OH is 1. The lowest BCUT2D eigenvalue weighted by Gasteiger charge is -2.12. The SMILES string of the molecule is COc1ccc(CNc2c(C)c(C)nn2CCO)cc1OC. The summed E-state index contributed by atoms with van der Waals surface area (Å²) >= 11 is 0. The van der Waals surface area contributed by atoms with E-state index >= 15 is 0 Å². The summed E-state index contributed by atoms with van der Waals surface area (Å²) in [6.45, 7) is 5.16. The van der Waals surface area contributed by atoms with Crippen LogP contribution in [-0.4, -0.2) is 35.7 Å². The van der Waals surface area contributed by atoms with E-state index in [4.69, 9.17) is 14.6 Å². The first-order valence-electron chi connectivity index (χ1n) is 7.20. The number of rotatable bonds is 7. The van der Waals surface area contributed by atoms with Crippen LogP contribution >= 0.6 is 0 Å². The van der Waals surface area contributed by atoms with E-state index in [1.54, 1.807) is 18.9 Å². The molecule has 6 nitrogen and oxygen atoms in total. The quantitative estimate of drug-likeness (QED) is 0.820. The van der Waals surface area contributed by atoms with Gasteiger partial charge in [0.15, 0.2) is 11.5 Å². The summed E-state index contributed by atoms with van der Waals surface area (Å²) in [4.78, 5) is 0. The standard InChI is InChI=1S/C16H23N3O3/c1-11-12(2)18-19(7-8-20)16(11)17-10-13-5-6-14(21-3)15(9-13)22-4/h5-6,9,17,20H,7-8,10H2,1-4H3. The van der Waals surface area contributed by atoms with Crippen LogP contribution in [0.2, 0.25) is 0 Å². The van der Waals surface area contributed by atoms with Gasteiger partial charge in [-0.25, -0.2) is 4.68 Å². The molecule has 0 amide bonds. The van der Waals surface area contributed by atoms with Crippen molar-refractivity contribution in [2.45, 2.75) is 26.9 Å². The number of aromatic nitrogens is 2. The molecule has 2 N–H and O–H groups in total. The zero-order valence-electron chi connectivity index (χ0n) is 13.5. The van der Waals surface area contributed by atoms with Gasteiger partial charge in [-0.05, 0) is 31.5 Å². The number of aryl methyl sites for hydroxylation is 1. The number of hydrogen-bond donors (Lipinski definition) is 2. The second-order valence-corrected chi connectivity index (χ2v) is 5.05. The lowest BCUT2D eigenvalue weighted by Crippen LogP contribution is -2.11. The fourth-order valence-corrected chi connectivity index (χ4v) is 2.33. The Morgan fingerprint density at radius 2 is 1.91 bits per heavy atom. The summed E-state index contributed by atoms with van der Waals surface area (Å²) in [7, 11) is 3.24. The van der Waals surface area contributed by atoms with Gasteiger partial charge in [-0.1, -0.05) is 6.07 Å². The number of aliphatic hydroxyl groups is 1. The highest BCUT2D eigenvalue weighted by Gasteiger charge is 2.11. The van der Waals surface area contributed by atoms with Crippen molar-refractivity contribution in [1.29, 1.82) is 0 Å². The molecule has 0 atom stereocenters. The molecule has 0 unspecified atom stereocenters. The molecule has 6 heteroatoms. The smallest absolute Gasteiger partial charge is 0.161 e. The van der Waals surface area contributed by atoms with E-state index in [1.165, 1.54) is 0 Å².